The van der Waals surface area contributed by atoms with Crippen molar-refractivity contribution in [2.24, 2.45) is 0 Å². The van der Waals surface area contributed by atoms with Gasteiger partial charge in [-0.3, -0.25) is 9.36 Å². The van der Waals surface area contributed by atoms with E-state index in [-0.39, 0.29) is 5.75 Å². The van der Waals surface area contributed by atoms with E-state index in [2.05, 4.69) is 10.2 Å². The average Bonchev–Trinajstić information content (AvgIpc) is 2.85. The van der Waals surface area contributed by atoms with Crippen LogP contribution in [0.4, 0.5) is 0 Å². The van der Waals surface area contributed by atoms with E-state index < -0.39 is 5.97 Å². The van der Waals surface area contributed by atoms with Crippen LogP contribution in [0, 0.1) is 6.92 Å². The van der Waals surface area contributed by atoms with Crippen molar-refractivity contribution in [3.63, 3.8) is 0 Å². The summed E-state index contributed by atoms with van der Waals surface area (Å²) in [6, 6.07) is 5.35. The standard InChI is InChI=1S/C13H15N3O4S/c1-8-14-15-13(21-7-12(17)18)16(8)10-6-9(19-2)4-5-11(10)20-3/h4-6H,7H2,1-3H3,(H,17,18). The van der Waals surface area contributed by atoms with Crippen molar-refractivity contribution in [2.75, 3.05) is 20.0 Å². The first kappa shape index (κ1) is 15.2. The fourth-order valence-corrected chi connectivity index (χ4v) is 2.52. The van der Waals surface area contributed by atoms with E-state index in [9.17, 15) is 4.79 Å². The summed E-state index contributed by atoms with van der Waals surface area (Å²) < 4.78 is 12.3. The SMILES string of the molecule is COc1ccc(OC)c(-n2c(C)nnc2SCC(=O)O)c1. The maximum atomic E-state index is 10.7. The largest absolute Gasteiger partial charge is 0.497 e. The molecule has 0 radical (unpaired) electrons. The highest BCUT2D eigenvalue weighted by atomic mass is 32.2. The summed E-state index contributed by atoms with van der Waals surface area (Å²) in [7, 11) is 3.14. The van der Waals surface area contributed by atoms with E-state index >= 15 is 0 Å². The van der Waals surface area contributed by atoms with Crippen LogP contribution in [0.25, 0.3) is 5.69 Å². The molecule has 1 aromatic carbocycles. The molecule has 0 atom stereocenters. The zero-order valence-corrected chi connectivity index (χ0v) is 12.7. The predicted octanol–water partition coefficient (Wildman–Crippen LogP) is 1.77. The molecule has 0 amide bonds. The van der Waals surface area contributed by atoms with Crippen LogP contribution < -0.4 is 9.47 Å². The second-order valence-corrected chi connectivity index (χ2v) is 5.03. The van der Waals surface area contributed by atoms with Gasteiger partial charge in [-0.25, -0.2) is 0 Å². The third-order valence-electron chi connectivity index (χ3n) is 2.75. The van der Waals surface area contributed by atoms with Gasteiger partial charge in [-0.05, 0) is 19.1 Å². The highest BCUT2D eigenvalue weighted by Gasteiger charge is 2.17. The van der Waals surface area contributed by atoms with Crippen molar-refractivity contribution < 1.29 is 19.4 Å². The lowest BCUT2D eigenvalue weighted by atomic mass is 10.2. The van der Waals surface area contributed by atoms with Gasteiger partial charge in [0, 0.05) is 6.07 Å². The molecule has 112 valence electrons. The number of carboxylic acids is 1. The second-order valence-electron chi connectivity index (χ2n) is 4.09. The Balaban J connectivity index is 2.50. The molecule has 21 heavy (non-hydrogen) atoms. The lowest BCUT2D eigenvalue weighted by Crippen LogP contribution is -2.05. The molecule has 0 aliphatic heterocycles. The first-order valence-electron chi connectivity index (χ1n) is 6.05. The molecule has 7 nitrogen and oxygen atoms in total. The quantitative estimate of drug-likeness (QED) is 0.814. The van der Waals surface area contributed by atoms with Gasteiger partial charge in [0.15, 0.2) is 5.16 Å². The Hall–Kier alpha value is -2.22. The molecule has 0 aliphatic rings. The van der Waals surface area contributed by atoms with Gasteiger partial charge >= 0.3 is 5.97 Å². The Morgan fingerprint density at radius 1 is 1.33 bits per heavy atom. The number of benzene rings is 1. The fourth-order valence-electron chi connectivity index (χ4n) is 1.81. The monoisotopic (exact) mass is 309 g/mol. The van der Waals surface area contributed by atoms with Crippen LogP contribution >= 0.6 is 11.8 Å². The van der Waals surface area contributed by atoms with Crippen LogP contribution in [-0.4, -0.2) is 45.8 Å². The Morgan fingerprint density at radius 3 is 2.71 bits per heavy atom. The van der Waals surface area contributed by atoms with E-state index in [1.54, 1.807) is 43.9 Å². The van der Waals surface area contributed by atoms with Gasteiger partial charge in [-0.2, -0.15) is 0 Å². The van der Waals surface area contributed by atoms with Gasteiger partial charge in [0.2, 0.25) is 0 Å². The lowest BCUT2D eigenvalue weighted by Gasteiger charge is -2.13. The van der Waals surface area contributed by atoms with Gasteiger partial charge < -0.3 is 14.6 Å². The maximum Gasteiger partial charge on any atom is 0.313 e. The molecule has 2 rings (SSSR count). The van der Waals surface area contributed by atoms with Gasteiger partial charge in [-0.15, -0.1) is 10.2 Å². The third-order valence-corrected chi connectivity index (χ3v) is 3.66. The number of aryl methyl sites for hydroxylation is 1. The van der Waals surface area contributed by atoms with Crippen molar-refractivity contribution in [3.8, 4) is 17.2 Å². The highest BCUT2D eigenvalue weighted by molar-refractivity contribution is 7.99. The van der Waals surface area contributed by atoms with E-state index in [0.717, 1.165) is 11.8 Å². The molecule has 0 unspecified atom stereocenters. The maximum absolute atomic E-state index is 10.7. The van der Waals surface area contributed by atoms with E-state index in [1.165, 1.54) is 0 Å². The molecule has 1 aromatic heterocycles. The minimum atomic E-state index is -0.912. The number of ether oxygens (including phenoxy) is 2. The summed E-state index contributed by atoms with van der Waals surface area (Å²) in [4.78, 5) is 10.7. The molecule has 0 fully saturated rings. The number of hydrogen-bond acceptors (Lipinski definition) is 6. The molecule has 1 heterocycles. The number of rotatable bonds is 6. The minimum Gasteiger partial charge on any atom is -0.497 e. The van der Waals surface area contributed by atoms with Gasteiger partial charge in [0.05, 0.1) is 25.7 Å². The number of hydrogen-bond donors (Lipinski definition) is 1. The predicted molar refractivity (Wildman–Crippen MR) is 77.6 cm³/mol. The van der Waals surface area contributed by atoms with Crippen molar-refractivity contribution in [2.45, 2.75) is 12.1 Å². The fraction of sp³-hybridized carbons (Fsp3) is 0.308. The highest BCUT2D eigenvalue weighted by Crippen LogP contribution is 2.31. The summed E-state index contributed by atoms with van der Waals surface area (Å²) >= 11 is 1.10. The van der Waals surface area contributed by atoms with Crippen LogP contribution in [0.1, 0.15) is 5.82 Å². The Kier molecular flexibility index (Phi) is 4.69. The van der Waals surface area contributed by atoms with Crippen molar-refractivity contribution in [1.29, 1.82) is 0 Å². The normalized spacial score (nSPS) is 10.4. The first-order valence-corrected chi connectivity index (χ1v) is 7.04. The van der Waals surface area contributed by atoms with Crippen LogP contribution in [0.5, 0.6) is 11.5 Å². The van der Waals surface area contributed by atoms with Crippen LogP contribution in [0.15, 0.2) is 23.4 Å². The molecule has 1 N–H and O–H groups in total. The number of thioether (sulfide) groups is 1. The van der Waals surface area contributed by atoms with Gasteiger partial charge in [0.1, 0.15) is 17.3 Å². The van der Waals surface area contributed by atoms with Crippen molar-refractivity contribution >= 4 is 17.7 Å². The van der Waals surface area contributed by atoms with E-state index in [4.69, 9.17) is 14.6 Å². The molecule has 0 bridgehead atoms. The van der Waals surface area contributed by atoms with Crippen LogP contribution in [0.2, 0.25) is 0 Å². The Labute approximate surface area is 125 Å². The molecule has 0 aliphatic carbocycles. The number of carbonyl (C=O) groups is 1. The number of nitrogens with zero attached hydrogens (tertiary/aromatic N) is 3. The molecule has 0 spiro atoms. The lowest BCUT2D eigenvalue weighted by molar-refractivity contribution is -0.133. The number of carboxylic acid groups (broad SMARTS) is 1. The number of methoxy groups -OCH3 is 2. The molecular weight excluding hydrogens is 294 g/mol. The summed E-state index contributed by atoms with van der Waals surface area (Å²) in [6.45, 7) is 1.79. The molecular formula is C13H15N3O4S. The summed E-state index contributed by atoms with van der Waals surface area (Å²) in [5, 5.41) is 17.3. The van der Waals surface area contributed by atoms with Gasteiger partial charge in [0.25, 0.3) is 0 Å². The van der Waals surface area contributed by atoms with E-state index in [0.29, 0.717) is 28.2 Å². The second kappa shape index (κ2) is 6.49. The third kappa shape index (κ3) is 3.27. The van der Waals surface area contributed by atoms with E-state index in [1.807, 2.05) is 0 Å². The Bertz CT molecular complexity index is 657. The number of aliphatic carboxylic acids is 1. The molecule has 2 aromatic rings. The Morgan fingerprint density at radius 2 is 2.10 bits per heavy atom. The topological polar surface area (TPSA) is 86.5 Å². The van der Waals surface area contributed by atoms with Gasteiger partial charge in [-0.1, -0.05) is 11.8 Å². The number of aromatic nitrogens is 3. The van der Waals surface area contributed by atoms with Crippen molar-refractivity contribution in [1.82, 2.24) is 14.8 Å². The first-order chi connectivity index (χ1) is 10.1. The summed E-state index contributed by atoms with van der Waals surface area (Å²) in [5.74, 6) is 0.910. The van der Waals surface area contributed by atoms with Crippen LogP contribution in [0.3, 0.4) is 0 Å². The molecule has 0 saturated heterocycles. The zero-order valence-electron chi connectivity index (χ0n) is 11.9. The van der Waals surface area contributed by atoms with Crippen LogP contribution in [-0.2, 0) is 4.79 Å². The molecule has 8 heteroatoms. The van der Waals surface area contributed by atoms with Crippen molar-refractivity contribution in [3.05, 3.63) is 24.0 Å². The summed E-state index contributed by atoms with van der Waals surface area (Å²) in [6.07, 6.45) is 0. The smallest absolute Gasteiger partial charge is 0.313 e. The zero-order chi connectivity index (χ0) is 15.4. The minimum absolute atomic E-state index is 0.0928. The summed E-state index contributed by atoms with van der Waals surface area (Å²) in [5.41, 5.74) is 0.701. The molecule has 0 saturated carbocycles. The average molecular weight is 309 g/mol.